The van der Waals surface area contributed by atoms with Crippen LogP contribution in [-0.2, 0) is 9.84 Å². The molecule has 1 heterocycles. The van der Waals surface area contributed by atoms with Crippen molar-refractivity contribution in [2.45, 2.75) is 13.0 Å². The van der Waals surface area contributed by atoms with E-state index in [1.807, 2.05) is 6.92 Å². The van der Waals surface area contributed by atoms with Crippen molar-refractivity contribution in [1.82, 2.24) is 5.32 Å². The molecule has 0 aromatic heterocycles. The Morgan fingerprint density at radius 1 is 1.55 bits per heavy atom. The SMILES string of the molecule is C[C@@H]1NC[C@H]1CS(C)(=O)=O.Cl. The van der Waals surface area contributed by atoms with E-state index in [1.165, 1.54) is 6.26 Å². The van der Waals surface area contributed by atoms with E-state index < -0.39 is 9.84 Å². The summed E-state index contributed by atoms with van der Waals surface area (Å²) in [5.74, 6) is 0.677. The molecule has 2 atom stereocenters. The minimum atomic E-state index is -2.76. The first-order valence-corrected chi connectivity index (χ1v) is 5.46. The molecule has 0 aromatic carbocycles. The number of sulfone groups is 1. The quantitative estimate of drug-likeness (QED) is 0.685. The van der Waals surface area contributed by atoms with Crippen molar-refractivity contribution in [2.75, 3.05) is 18.6 Å². The molecule has 1 saturated heterocycles. The third kappa shape index (κ3) is 3.40. The van der Waals surface area contributed by atoms with Gasteiger partial charge in [-0.05, 0) is 6.92 Å². The van der Waals surface area contributed by atoms with Crippen molar-refractivity contribution in [3.05, 3.63) is 0 Å². The summed E-state index contributed by atoms with van der Waals surface area (Å²) < 4.78 is 21.5. The summed E-state index contributed by atoms with van der Waals surface area (Å²) in [4.78, 5) is 0. The molecule has 3 nitrogen and oxygen atoms in total. The Morgan fingerprint density at radius 2 is 2.09 bits per heavy atom. The lowest BCUT2D eigenvalue weighted by Crippen LogP contribution is -2.53. The summed E-state index contributed by atoms with van der Waals surface area (Å²) in [6.45, 7) is 2.87. The lowest BCUT2D eigenvalue weighted by Gasteiger charge is -2.34. The zero-order chi connectivity index (χ0) is 7.78. The molecule has 1 aliphatic heterocycles. The maximum Gasteiger partial charge on any atom is 0.147 e. The predicted molar refractivity (Wildman–Crippen MR) is 47.9 cm³/mol. The fraction of sp³-hybridized carbons (Fsp3) is 1.00. The van der Waals surface area contributed by atoms with E-state index in [0.29, 0.717) is 17.7 Å². The van der Waals surface area contributed by atoms with Crippen LogP contribution in [0, 0.1) is 5.92 Å². The van der Waals surface area contributed by atoms with Crippen LogP contribution < -0.4 is 5.32 Å². The fourth-order valence-corrected chi connectivity index (χ4v) is 2.30. The second-order valence-electron chi connectivity index (χ2n) is 3.05. The van der Waals surface area contributed by atoms with Gasteiger partial charge in [0.1, 0.15) is 9.84 Å². The Bertz CT molecular complexity index is 215. The van der Waals surface area contributed by atoms with E-state index >= 15 is 0 Å². The van der Waals surface area contributed by atoms with E-state index in [9.17, 15) is 8.42 Å². The highest BCUT2D eigenvalue weighted by atomic mass is 35.5. The summed E-state index contributed by atoms with van der Waals surface area (Å²) in [6.07, 6.45) is 1.29. The molecule has 0 unspecified atom stereocenters. The Labute approximate surface area is 73.9 Å². The topological polar surface area (TPSA) is 46.2 Å². The van der Waals surface area contributed by atoms with Gasteiger partial charge in [0, 0.05) is 24.8 Å². The summed E-state index contributed by atoms with van der Waals surface area (Å²) >= 11 is 0. The van der Waals surface area contributed by atoms with Crippen molar-refractivity contribution in [2.24, 2.45) is 5.92 Å². The van der Waals surface area contributed by atoms with Gasteiger partial charge in [0.15, 0.2) is 0 Å². The van der Waals surface area contributed by atoms with Crippen molar-refractivity contribution >= 4 is 22.2 Å². The molecular weight excluding hydrogens is 186 g/mol. The highest BCUT2D eigenvalue weighted by molar-refractivity contribution is 7.90. The van der Waals surface area contributed by atoms with Gasteiger partial charge in [-0.2, -0.15) is 0 Å². The molecule has 0 aromatic rings. The molecule has 1 N–H and O–H groups in total. The van der Waals surface area contributed by atoms with Crippen LogP contribution >= 0.6 is 12.4 Å². The smallest absolute Gasteiger partial charge is 0.147 e. The maximum atomic E-state index is 10.8. The van der Waals surface area contributed by atoms with Crippen LogP contribution in [0.2, 0.25) is 0 Å². The average molecular weight is 200 g/mol. The predicted octanol–water partition coefficient (Wildman–Crippen LogP) is 0.0607. The second kappa shape index (κ2) is 3.74. The summed E-state index contributed by atoms with van der Waals surface area (Å²) in [6, 6.07) is 0.384. The van der Waals surface area contributed by atoms with E-state index in [1.54, 1.807) is 0 Å². The summed E-state index contributed by atoms with van der Waals surface area (Å²) in [5, 5.41) is 3.12. The molecule has 0 spiro atoms. The highest BCUT2D eigenvalue weighted by Gasteiger charge is 2.28. The minimum absolute atomic E-state index is 0. The van der Waals surface area contributed by atoms with Gasteiger partial charge in [-0.25, -0.2) is 8.42 Å². The van der Waals surface area contributed by atoms with Crippen LogP contribution in [0.15, 0.2) is 0 Å². The number of hydrogen-bond donors (Lipinski definition) is 1. The molecule has 68 valence electrons. The van der Waals surface area contributed by atoms with Gasteiger partial charge in [-0.3, -0.25) is 0 Å². The Balaban J connectivity index is 0.000001000. The molecule has 0 aliphatic carbocycles. The number of rotatable bonds is 2. The van der Waals surface area contributed by atoms with Crippen LogP contribution in [0.1, 0.15) is 6.92 Å². The van der Waals surface area contributed by atoms with Crippen molar-refractivity contribution < 1.29 is 8.42 Å². The molecule has 0 bridgehead atoms. The normalized spacial score (nSPS) is 30.4. The minimum Gasteiger partial charge on any atom is -0.314 e. The van der Waals surface area contributed by atoms with Crippen molar-refractivity contribution in [1.29, 1.82) is 0 Å². The fourth-order valence-electron chi connectivity index (χ4n) is 1.11. The van der Waals surface area contributed by atoms with Crippen molar-refractivity contribution in [3.8, 4) is 0 Å². The molecule has 11 heavy (non-hydrogen) atoms. The molecule has 0 radical (unpaired) electrons. The van der Waals surface area contributed by atoms with Gasteiger partial charge in [0.05, 0.1) is 5.75 Å². The first kappa shape index (κ1) is 11.2. The lowest BCUT2D eigenvalue weighted by atomic mass is 9.96. The number of halogens is 1. The van der Waals surface area contributed by atoms with Gasteiger partial charge in [-0.15, -0.1) is 12.4 Å². The zero-order valence-electron chi connectivity index (χ0n) is 6.70. The van der Waals surface area contributed by atoms with Gasteiger partial charge in [0.25, 0.3) is 0 Å². The van der Waals surface area contributed by atoms with Crippen LogP contribution in [0.3, 0.4) is 0 Å². The molecule has 1 aliphatic rings. The highest BCUT2D eigenvalue weighted by Crippen LogP contribution is 2.13. The molecule has 1 fully saturated rings. The molecule has 5 heteroatoms. The molecule has 1 rings (SSSR count). The van der Waals surface area contributed by atoms with Crippen LogP contribution in [0.4, 0.5) is 0 Å². The van der Waals surface area contributed by atoms with Gasteiger partial charge < -0.3 is 5.32 Å². The monoisotopic (exact) mass is 199 g/mol. The van der Waals surface area contributed by atoms with E-state index in [2.05, 4.69) is 5.32 Å². The first-order valence-electron chi connectivity index (χ1n) is 3.40. The number of hydrogen-bond acceptors (Lipinski definition) is 3. The average Bonchev–Trinajstić information content (AvgIpc) is 1.78. The standard InChI is InChI=1S/C6H13NO2S.ClH/c1-5-6(3-7-5)4-10(2,8)9;/h5-7H,3-4H2,1-2H3;1H/t5-,6-;/m0./s1. The van der Waals surface area contributed by atoms with Crippen molar-refractivity contribution in [3.63, 3.8) is 0 Å². The van der Waals surface area contributed by atoms with E-state index in [4.69, 9.17) is 0 Å². The zero-order valence-corrected chi connectivity index (χ0v) is 8.33. The van der Waals surface area contributed by atoms with E-state index in [0.717, 1.165) is 6.54 Å². The Hall–Kier alpha value is 0.200. The lowest BCUT2D eigenvalue weighted by molar-refractivity contribution is 0.276. The summed E-state index contributed by atoms with van der Waals surface area (Å²) in [5.41, 5.74) is 0. The Kier molecular flexibility index (Phi) is 3.80. The van der Waals surface area contributed by atoms with Gasteiger partial charge >= 0.3 is 0 Å². The number of nitrogens with one attached hydrogen (secondary N) is 1. The molecule has 0 amide bonds. The Morgan fingerprint density at radius 3 is 2.18 bits per heavy atom. The summed E-state index contributed by atoms with van der Waals surface area (Å²) in [7, 11) is -2.76. The first-order chi connectivity index (χ1) is 4.49. The van der Waals surface area contributed by atoms with Crippen LogP contribution in [0.5, 0.6) is 0 Å². The van der Waals surface area contributed by atoms with E-state index in [-0.39, 0.29) is 12.4 Å². The van der Waals surface area contributed by atoms with Crippen LogP contribution in [-0.4, -0.2) is 33.0 Å². The largest absolute Gasteiger partial charge is 0.314 e. The van der Waals surface area contributed by atoms with Gasteiger partial charge in [0.2, 0.25) is 0 Å². The third-order valence-electron chi connectivity index (χ3n) is 1.93. The van der Waals surface area contributed by atoms with Crippen LogP contribution in [0.25, 0.3) is 0 Å². The van der Waals surface area contributed by atoms with Gasteiger partial charge in [-0.1, -0.05) is 0 Å². The third-order valence-corrected chi connectivity index (χ3v) is 2.96. The second-order valence-corrected chi connectivity index (χ2v) is 5.23. The molecule has 0 saturated carbocycles. The molecular formula is C6H14ClNO2S. The maximum absolute atomic E-state index is 10.8.